The molecule has 1 heterocycles. The first kappa shape index (κ1) is 32.1. The number of benzene rings is 1. The molecule has 0 radical (unpaired) electrons. The first-order valence-electron chi connectivity index (χ1n) is 11.6. The lowest BCUT2D eigenvalue weighted by atomic mass is 10.2. The largest absolute Gasteiger partial charge is 0.493 e. The van der Waals surface area contributed by atoms with Crippen molar-refractivity contribution in [2.45, 2.75) is 39.8 Å². The molecule has 2 aromatic rings. The number of methoxy groups -OCH3 is 2. The van der Waals surface area contributed by atoms with Crippen molar-refractivity contribution in [3.63, 3.8) is 0 Å². The lowest BCUT2D eigenvalue weighted by molar-refractivity contribution is -0.134. The Morgan fingerprint density at radius 2 is 1.55 bits per heavy atom. The second-order valence-corrected chi connectivity index (χ2v) is 9.11. The van der Waals surface area contributed by atoms with E-state index in [1.165, 1.54) is 25.6 Å². The standard InChI is InChI=1S/C21H30N4O4S.C4H4O4/c1-13(2)25(14(3)4)10-9-22-20(27)16-12-30-21(23-16)24-19(26)15-7-8-17(28-5)18(11-15)29-6;5-3(6)1-2-4(7)8/h7-8,11-14H,9-10H2,1-6H3,(H,22,27)(H,23,24,26);1-2H,(H,5,6)(H,7,8). The van der Waals surface area contributed by atoms with E-state index in [4.69, 9.17) is 19.7 Å². The molecule has 0 aliphatic heterocycles. The highest BCUT2D eigenvalue weighted by Gasteiger charge is 2.16. The van der Waals surface area contributed by atoms with E-state index in [0.717, 1.165) is 6.54 Å². The highest BCUT2D eigenvalue weighted by atomic mass is 32.1. The summed E-state index contributed by atoms with van der Waals surface area (Å²) < 4.78 is 10.4. The van der Waals surface area contributed by atoms with Gasteiger partial charge in [-0.25, -0.2) is 14.6 Å². The number of amides is 2. The summed E-state index contributed by atoms with van der Waals surface area (Å²) in [5, 5.41) is 23.2. The molecule has 0 saturated heterocycles. The van der Waals surface area contributed by atoms with Crippen LogP contribution in [0.1, 0.15) is 48.5 Å². The SMILES string of the molecule is COc1ccc(C(=O)Nc2nc(C(=O)NCCN(C(C)C)C(C)C)cs2)cc1OC.O=C(O)C=CC(=O)O. The van der Waals surface area contributed by atoms with Crippen LogP contribution in [0.3, 0.4) is 0 Å². The van der Waals surface area contributed by atoms with Crippen molar-refractivity contribution in [3.8, 4) is 11.5 Å². The molecular weight excluding hydrogens is 516 g/mol. The molecule has 0 saturated carbocycles. The Balaban J connectivity index is 0.000000781. The van der Waals surface area contributed by atoms with E-state index >= 15 is 0 Å². The number of anilines is 1. The number of nitrogens with one attached hydrogen (secondary N) is 2. The Hall–Kier alpha value is -3.97. The fourth-order valence-corrected chi connectivity index (χ4v) is 3.91. The number of aromatic nitrogens is 1. The van der Waals surface area contributed by atoms with Crippen molar-refractivity contribution >= 4 is 40.2 Å². The van der Waals surface area contributed by atoms with E-state index in [1.807, 2.05) is 0 Å². The molecule has 0 fully saturated rings. The average Bonchev–Trinajstić information content (AvgIpc) is 3.33. The van der Waals surface area contributed by atoms with E-state index in [0.29, 0.717) is 53.0 Å². The summed E-state index contributed by atoms with van der Waals surface area (Å²) in [6.07, 6.45) is 1.12. The summed E-state index contributed by atoms with van der Waals surface area (Å²) >= 11 is 1.20. The van der Waals surface area contributed by atoms with E-state index in [1.54, 1.807) is 23.6 Å². The van der Waals surface area contributed by atoms with E-state index < -0.39 is 11.9 Å². The number of aliphatic carboxylic acids is 2. The van der Waals surface area contributed by atoms with Crippen molar-refractivity contribution in [3.05, 3.63) is 47.0 Å². The first-order valence-corrected chi connectivity index (χ1v) is 12.4. The molecule has 0 atom stereocenters. The number of thiazole rings is 1. The summed E-state index contributed by atoms with van der Waals surface area (Å²) in [5.74, 6) is -2.12. The number of ether oxygens (including phenoxy) is 2. The smallest absolute Gasteiger partial charge is 0.328 e. The van der Waals surface area contributed by atoms with Crippen LogP contribution in [0.5, 0.6) is 11.5 Å². The minimum absolute atomic E-state index is 0.259. The van der Waals surface area contributed by atoms with Crippen LogP contribution in [0.2, 0.25) is 0 Å². The zero-order valence-electron chi connectivity index (χ0n) is 22.2. The van der Waals surface area contributed by atoms with Gasteiger partial charge in [-0.3, -0.25) is 19.8 Å². The van der Waals surface area contributed by atoms with Gasteiger partial charge in [0, 0.05) is 48.3 Å². The lowest BCUT2D eigenvalue weighted by Crippen LogP contribution is -2.42. The Bertz CT molecular complexity index is 1110. The molecule has 12 nitrogen and oxygen atoms in total. The van der Waals surface area contributed by atoms with Gasteiger partial charge in [-0.15, -0.1) is 11.3 Å². The summed E-state index contributed by atoms with van der Waals surface area (Å²) in [6.45, 7) is 9.82. The number of carbonyl (C=O) groups excluding carboxylic acids is 2. The van der Waals surface area contributed by atoms with E-state index in [2.05, 4.69) is 48.2 Å². The van der Waals surface area contributed by atoms with Gasteiger partial charge in [0.1, 0.15) is 5.69 Å². The maximum Gasteiger partial charge on any atom is 0.328 e. The molecule has 0 aliphatic rings. The zero-order chi connectivity index (χ0) is 28.8. The zero-order valence-corrected chi connectivity index (χ0v) is 23.0. The maximum absolute atomic E-state index is 12.5. The van der Waals surface area contributed by atoms with Crippen molar-refractivity contribution < 1.29 is 38.9 Å². The molecule has 0 bridgehead atoms. The topological polar surface area (TPSA) is 167 Å². The minimum Gasteiger partial charge on any atom is -0.493 e. The molecule has 0 aliphatic carbocycles. The highest BCUT2D eigenvalue weighted by Crippen LogP contribution is 2.28. The molecular formula is C25H34N4O8S. The van der Waals surface area contributed by atoms with Crippen LogP contribution in [0.4, 0.5) is 5.13 Å². The van der Waals surface area contributed by atoms with Gasteiger partial charge in [0.05, 0.1) is 14.2 Å². The number of carbonyl (C=O) groups is 4. The van der Waals surface area contributed by atoms with Gasteiger partial charge in [-0.05, 0) is 45.9 Å². The monoisotopic (exact) mass is 550 g/mol. The van der Waals surface area contributed by atoms with Crippen LogP contribution in [0, 0.1) is 0 Å². The van der Waals surface area contributed by atoms with E-state index in [-0.39, 0.29) is 17.5 Å². The van der Waals surface area contributed by atoms with E-state index in [9.17, 15) is 19.2 Å². The van der Waals surface area contributed by atoms with Crippen molar-refractivity contribution in [1.29, 1.82) is 0 Å². The summed E-state index contributed by atoms with van der Waals surface area (Å²) in [5.41, 5.74) is 0.680. The first-order chi connectivity index (χ1) is 17.9. The van der Waals surface area contributed by atoms with Crippen molar-refractivity contribution in [1.82, 2.24) is 15.2 Å². The normalized spacial score (nSPS) is 10.8. The summed E-state index contributed by atoms with van der Waals surface area (Å²) in [7, 11) is 3.04. The molecule has 208 valence electrons. The van der Waals surface area contributed by atoms with Crippen LogP contribution in [-0.2, 0) is 9.59 Å². The molecule has 38 heavy (non-hydrogen) atoms. The second-order valence-electron chi connectivity index (χ2n) is 8.25. The number of carboxylic acids is 2. The third-order valence-electron chi connectivity index (χ3n) is 4.95. The summed E-state index contributed by atoms with van der Waals surface area (Å²) in [6, 6.07) is 5.68. The van der Waals surface area contributed by atoms with Gasteiger partial charge >= 0.3 is 11.9 Å². The Morgan fingerprint density at radius 1 is 0.974 bits per heavy atom. The maximum atomic E-state index is 12.5. The Kier molecular flexibility index (Phi) is 13.5. The number of carboxylic acid groups (broad SMARTS) is 2. The molecule has 0 spiro atoms. The fraction of sp³-hybridized carbons (Fsp3) is 0.400. The molecule has 1 aromatic carbocycles. The molecule has 13 heteroatoms. The predicted octanol–water partition coefficient (Wildman–Crippen LogP) is 2.97. The predicted molar refractivity (Wildman–Crippen MR) is 143 cm³/mol. The van der Waals surface area contributed by atoms with Gasteiger partial charge in [0.25, 0.3) is 11.8 Å². The quantitative estimate of drug-likeness (QED) is 0.288. The molecule has 0 unspecified atom stereocenters. The fourth-order valence-electron chi connectivity index (χ4n) is 3.23. The molecule has 2 amide bonds. The van der Waals surface area contributed by atoms with Gasteiger partial charge in [-0.1, -0.05) is 0 Å². The Labute approximate surface area is 225 Å². The van der Waals surface area contributed by atoms with Crippen molar-refractivity contribution in [2.24, 2.45) is 0 Å². The number of rotatable bonds is 12. The highest BCUT2D eigenvalue weighted by molar-refractivity contribution is 7.14. The summed E-state index contributed by atoms with van der Waals surface area (Å²) in [4.78, 5) is 50.5. The van der Waals surface area contributed by atoms with Crippen LogP contribution in [0.15, 0.2) is 35.7 Å². The van der Waals surface area contributed by atoms with Gasteiger partial charge in [0.2, 0.25) is 0 Å². The van der Waals surface area contributed by atoms with Crippen LogP contribution < -0.4 is 20.1 Å². The number of hydrogen-bond donors (Lipinski definition) is 4. The molecule has 2 rings (SSSR count). The van der Waals surface area contributed by atoms with Crippen LogP contribution >= 0.6 is 11.3 Å². The Morgan fingerprint density at radius 3 is 2.05 bits per heavy atom. The van der Waals surface area contributed by atoms with Gasteiger partial charge in [0.15, 0.2) is 16.6 Å². The molecule has 4 N–H and O–H groups in total. The van der Waals surface area contributed by atoms with Crippen molar-refractivity contribution in [2.75, 3.05) is 32.6 Å². The third-order valence-corrected chi connectivity index (χ3v) is 5.71. The van der Waals surface area contributed by atoms with Gasteiger partial charge in [-0.2, -0.15) is 0 Å². The second kappa shape index (κ2) is 16.0. The van der Waals surface area contributed by atoms with Crippen LogP contribution in [0.25, 0.3) is 0 Å². The third kappa shape index (κ3) is 11.0. The lowest BCUT2D eigenvalue weighted by Gasteiger charge is -2.30. The van der Waals surface area contributed by atoms with Crippen LogP contribution in [-0.4, -0.2) is 83.2 Å². The number of nitrogens with zero attached hydrogens (tertiary/aromatic N) is 2. The molecule has 1 aromatic heterocycles. The van der Waals surface area contributed by atoms with Gasteiger partial charge < -0.3 is 25.0 Å². The average molecular weight is 551 g/mol. The number of hydrogen-bond acceptors (Lipinski definition) is 9. The minimum atomic E-state index is -1.26.